The molecule has 0 saturated heterocycles. The molecule has 3 nitrogen and oxygen atoms in total. The van der Waals surface area contributed by atoms with Crippen LogP contribution in [-0.2, 0) is 6.42 Å². The Hall–Kier alpha value is -1.39. The zero-order valence-electron chi connectivity index (χ0n) is 10.3. The molecule has 1 aliphatic rings. The van der Waals surface area contributed by atoms with Gasteiger partial charge in [-0.15, -0.1) is 11.3 Å². The number of rotatable bonds is 4. The number of hydrogen-bond acceptors (Lipinski definition) is 4. The van der Waals surface area contributed by atoms with Crippen molar-refractivity contribution in [2.24, 2.45) is 0 Å². The van der Waals surface area contributed by atoms with Gasteiger partial charge in [0.05, 0.1) is 18.2 Å². The van der Waals surface area contributed by atoms with Gasteiger partial charge in [-0.25, -0.2) is 0 Å². The maximum absolute atomic E-state index is 5.55. The predicted molar refractivity (Wildman–Crippen MR) is 73.3 cm³/mol. The fourth-order valence-electron chi connectivity index (χ4n) is 2.34. The molecule has 1 atom stereocenters. The van der Waals surface area contributed by atoms with E-state index < -0.39 is 0 Å². The van der Waals surface area contributed by atoms with Crippen molar-refractivity contribution in [3.63, 3.8) is 0 Å². The van der Waals surface area contributed by atoms with E-state index in [0.29, 0.717) is 0 Å². The Balaban J connectivity index is 1.95. The molecule has 94 valence electrons. The molecule has 0 spiro atoms. The number of aromatic nitrogens is 1. The molecule has 1 N–H and O–H groups in total. The van der Waals surface area contributed by atoms with Gasteiger partial charge in [-0.2, -0.15) is 0 Å². The molecule has 2 aromatic rings. The monoisotopic (exact) mass is 260 g/mol. The molecule has 18 heavy (non-hydrogen) atoms. The Morgan fingerprint density at radius 3 is 3.22 bits per heavy atom. The number of benzene rings is 1. The molecule has 1 aliphatic heterocycles. The average molecular weight is 260 g/mol. The molecular weight excluding hydrogens is 244 g/mol. The Kier molecular flexibility index (Phi) is 3.30. The van der Waals surface area contributed by atoms with E-state index in [2.05, 4.69) is 35.4 Å². The van der Waals surface area contributed by atoms with E-state index in [4.69, 9.17) is 4.74 Å². The van der Waals surface area contributed by atoms with E-state index in [1.807, 2.05) is 11.7 Å². The summed E-state index contributed by atoms with van der Waals surface area (Å²) in [5.41, 5.74) is 4.50. The standard InChI is InChI=1S/C14H16N2OS/c1-2-16-14(13-8-15-9-18-13)11-3-4-12-10(7-11)5-6-17-12/h3-4,7-9,14,16H,2,5-6H2,1H3. The molecule has 0 amide bonds. The summed E-state index contributed by atoms with van der Waals surface area (Å²) in [5.74, 6) is 1.04. The van der Waals surface area contributed by atoms with Crippen LogP contribution < -0.4 is 10.1 Å². The summed E-state index contributed by atoms with van der Waals surface area (Å²) >= 11 is 1.69. The van der Waals surface area contributed by atoms with Crippen molar-refractivity contribution >= 4 is 11.3 Å². The van der Waals surface area contributed by atoms with Crippen LogP contribution in [0, 0.1) is 0 Å². The fourth-order valence-corrected chi connectivity index (χ4v) is 3.06. The van der Waals surface area contributed by atoms with Crippen LogP contribution in [0.4, 0.5) is 0 Å². The average Bonchev–Trinajstić information content (AvgIpc) is 3.05. The van der Waals surface area contributed by atoms with Crippen molar-refractivity contribution in [3.05, 3.63) is 45.9 Å². The zero-order valence-corrected chi connectivity index (χ0v) is 11.2. The highest BCUT2D eigenvalue weighted by Crippen LogP contribution is 2.31. The van der Waals surface area contributed by atoms with Gasteiger partial charge < -0.3 is 10.1 Å². The molecule has 2 heterocycles. The van der Waals surface area contributed by atoms with Crippen LogP contribution in [-0.4, -0.2) is 18.1 Å². The highest BCUT2D eigenvalue weighted by atomic mass is 32.1. The van der Waals surface area contributed by atoms with Crippen molar-refractivity contribution in [2.45, 2.75) is 19.4 Å². The van der Waals surface area contributed by atoms with Crippen molar-refractivity contribution in [1.29, 1.82) is 0 Å². The smallest absolute Gasteiger partial charge is 0.122 e. The summed E-state index contributed by atoms with van der Waals surface area (Å²) in [4.78, 5) is 5.44. The largest absolute Gasteiger partial charge is 0.493 e. The van der Waals surface area contributed by atoms with Gasteiger partial charge in [0, 0.05) is 17.5 Å². The maximum atomic E-state index is 5.55. The minimum Gasteiger partial charge on any atom is -0.493 e. The quantitative estimate of drug-likeness (QED) is 0.918. The Bertz CT molecular complexity index is 525. The van der Waals surface area contributed by atoms with Gasteiger partial charge in [-0.3, -0.25) is 4.98 Å². The molecule has 0 radical (unpaired) electrons. The third-order valence-electron chi connectivity index (χ3n) is 3.19. The third-order valence-corrected chi connectivity index (χ3v) is 4.03. The SMILES string of the molecule is CCNC(c1ccc2c(c1)CCO2)c1cncs1. The molecule has 0 bridgehead atoms. The Labute approximate surface area is 111 Å². The fraction of sp³-hybridized carbons (Fsp3) is 0.357. The lowest BCUT2D eigenvalue weighted by molar-refractivity contribution is 0.357. The lowest BCUT2D eigenvalue weighted by atomic mass is 10.0. The van der Waals surface area contributed by atoms with Gasteiger partial charge in [-0.05, 0) is 23.7 Å². The normalized spacial score (nSPS) is 15.2. The van der Waals surface area contributed by atoms with E-state index in [-0.39, 0.29) is 6.04 Å². The van der Waals surface area contributed by atoms with Gasteiger partial charge >= 0.3 is 0 Å². The minimum absolute atomic E-state index is 0.244. The number of hydrogen-bond donors (Lipinski definition) is 1. The summed E-state index contributed by atoms with van der Waals surface area (Å²) in [6.45, 7) is 3.88. The van der Waals surface area contributed by atoms with Crippen LogP contribution in [0.15, 0.2) is 29.9 Å². The van der Waals surface area contributed by atoms with Gasteiger partial charge in [0.15, 0.2) is 0 Å². The van der Waals surface area contributed by atoms with E-state index >= 15 is 0 Å². The maximum Gasteiger partial charge on any atom is 0.122 e. The van der Waals surface area contributed by atoms with Crippen LogP contribution in [0.1, 0.15) is 29.0 Å². The van der Waals surface area contributed by atoms with Crippen LogP contribution in [0.5, 0.6) is 5.75 Å². The van der Waals surface area contributed by atoms with E-state index in [1.54, 1.807) is 11.3 Å². The Morgan fingerprint density at radius 2 is 2.44 bits per heavy atom. The molecule has 0 aliphatic carbocycles. The topological polar surface area (TPSA) is 34.1 Å². The minimum atomic E-state index is 0.244. The van der Waals surface area contributed by atoms with Crippen molar-refractivity contribution in [3.8, 4) is 5.75 Å². The lowest BCUT2D eigenvalue weighted by Crippen LogP contribution is -2.21. The van der Waals surface area contributed by atoms with E-state index in [9.17, 15) is 0 Å². The predicted octanol–water partition coefficient (Wildman–Crippen LogP) is 2.78. The summed E-state index contributed by atoms with van der Waals surface area (Å²) in [6.07, 6.45) is 2.96. The van der Waals surface area contributed by atoms with Crippen LogP contribution in [0.2, 0.25) is 0 Å². The number of thiazole rings is 1. The molecule has 0 fully saturated rings. The van der Waals surface area contributed by atoms with Gasteiger partial charge in [-0.1, -0.05) is 19.1 Å². The lowest BCUT2D eigenvalue weighted by Gasteiger charge is -2.17. The number of fused-ring (bicyclic) bond motifs is 1. The van der Waals surface area contributed by atoms with Gasteiger partial charge in [0.2, 0.25) is 0 Å². The third kappa shape index (κ3) is 2.13. The molecule has 3 rings (SSSR count). The summed E-state index contributed by atoms with van der Waals surface area (Å²) in [5, 5.41) is 3.52. The van der Waals surface area contributed by atoms with Gasteiger partial charge in [0.1, 0.15) is 5.75 Å². The molecule has 4 heteroatoms. The summed E-state index contributed by atoms with van der Waals surface area (Å²) in [7, 11) is 0. The molecule has 1 aromatic carbocycles. The number of ether oxygens (including phenoxy) is 1. The van der Waals surface area contributed by atoms with Crippen LogP contribution >= 0.6 is 11.3 Å². The first-order valence-corrected chi connectivity index (χ1v) is 7.14. The molecule has 0 saturated carbocycles. The highest BCUT2D eigenvalue weighted by molar-refractivity contribution is 7.09. The first-order valence-electron chi connectivity index (χ1n) is 6.26. The highest BCUT2D eigenvalue weighted by Gasteiger charge is 2.18. The van der Waals surface area contributed by atoms with Crippen molar-refractivity contribution in [1.82, 2.24) is 10.3 Å². The summed E-state index contributed by atoms with van der Waals surface area (Å²) < 4.78 is 5.55. The van der Waals surface area contributed by atoms with E-state index in [0.717, 1.165) is 25.3 Å². The van der Waals surface area contributed by atoms with Crippen molar-refractivity contribution in [2.75, 3.05) is 13.2 Å². The zero-order chi connectivity index (χ0) is 12.4. The second-order valence-corrected chi connectivity index (χ2v) is 5.28. The second-order valence-electron chi connectivity index (χ2n) is 4.36. The van der Waals surface area contributed by atoms with Gasteiger partial charge in [0.25, 0.3) is 0 Å². The van der Waals surface area contributed by atoms with Crippen LogP contribution in [0.25, 0.3) is 0 Å². The first kappa shape index (κ1) is 11.7. The second kappa shape index (κ2) is 5.08. The summed E-state index contributed by atoms with van der Waals surface area (Å²) in [6, 6.07) is 6.74. The molecular formula is C14H16N2OS. The molecule has 1 unspecified atom stereocenters. The number of nitrogens with one attached hydrogen (secondary N) is 1. The Morgan fingerprint density at radius 1 is 1.50 bits per heavy atom. The van der Waals surface area contributed by atoms with Crippen molar-refractivity contribution < 1.29 is 4.74 Å². The van der Waals surface area contributed by atoms with E-state index in [1.165, 1.54) is 16.0 Å². The first-order chi connectivity index (χ1) is 8.88. The van der Waals surface area contributed by atoms with Crippen LogP contribution in [0.3, 0.4) is 0 Å². The number of nitrogens with zero attached hydrogens (tertiary/aromatic N) is 1. The molecule has 1 aromatic heterocycles.